The van der Waals surface area contributed by atoms with E-state index in [1.165, 1.54) is 6.07 Å². The van der Waals surface area contributed by atoms with Crippen LogP contribution in [0.4, 0.5) is 18.9 Å². The molecular formula is C16H18Cl2F3N3O. The van der Waals surface area contributed by atoms with Crippen molar-refractivity contribution in [2.75, 3.05) is 5.32 Å². The summed E-state index contributed by atoms with van der Waals surface area (Å²) in [4.78, 5) is 15.8. The van der Waals surface area contributed by atoms with Crippen LogP contribution in [-0.2, 0) is 23.9 Å². The van der Waals surface area contributed by atoms with E-state index in [0.717, 1.165) is 17.7 Å². The first kappa shape index (κ1) is 23.2. The number of halogens is 5. The summed E-state index contributed by atoms with van der Waals surface area (Å²) in [5.41, 5.74) is 5.92. The number of carbonyl (C=O) groups is 1. The quantitative estimate of drug-likeness (QED) is 0.804. The van der Waals surface area contributed by atoms with Crippen LogP contribution in [-0.4, -0.2) is 10.9 Å². The summed E-state index contributed by atoms with van der Waals surface area (Å²) in [6.07, 6.45) is -0.599. The number of amides is 1. The molecule has 0 spiro atoms. The Balaban J connectivity index is 0.00000288. The van der Waals surface area contributed by atoms with E-state index < -0.39 is 11.7 Å². The van der Waals surface area contributed by atoms with Crippen molar-refractivity contribution in [2.45, 2.75) is 25.6 Å². The predicted molar refractivity (Wildman–Crippen MR) is 95.0 cm³/mol. The van der Waals surface area contributed by atoms with E-state index in [1.807, 2.05) is 0 Å². The predicted octanol–water partition coefficient (Wildman–Crippen LogP) is 3.97. The van der Waals surface area contributed by atoms with Crippen LogP contribution in [0.5, 0.6) is 0 Å². The maximum atomic E-state index is 12.8. The molecule has 2 rings (SSSR count). The molecule has 25 heavy (non-hydrogen) atoms. The van der Waals surface area contributed by atoms with Crippen molar-refractivity contribution in [3.05, 3.63) is 59.4 Å². The molecule has 0 unspecified atom stereocenters. The van der Waals surface area contributed by atoms with Gasteiger partial charge in [0, 0.05) is 31.0 Å². The molecule has 0 fully saturated rings. The number of pyridine rings is 1. The third kappa shape index (κ3) is 7.29. The normalized spacial score (nSPS) is 10.4. The molecule has 0 atom stereocenters. The Morgan fingerprint density at radius 3 is 2.28 bits per heavy atom. The first-order chi connectivity index (χ1) is 10.9. The van der Waals surface area contributed by atoms with E-state index >= 15 is 0 Å². The molecule has 0 saturated carbocycles. The average Bonchev–Trinajstić information content (AvgIpc) is 2.52. The Bertz CT molecular complexity index is 682. The van der Waals surface area contributed by atoms with Crippen molar-refractivity contribution in [3.8, 4) is 0 Å². The summed E-state index contributed by atoms with van der Waals surface area (Å²) in [5.74, 6) is -0.357. The SMILES string of the molecule is Cl.Cl.NCc1cc(NC(=O)CCc2ccncc2)cc(C(F)(F)F)c1. The molecule has 1 aromatic carbocycles. The van der Waals surface area contributed by atoms with Crippen LogP contribution in [0.1, 0.15) is 23.1 Å². The van der Waals surface area contributed by atoms with Crippen LogP contribution < -0.4 is 11.1 Å². The van der Waals surface area contributed by atoms with E-state index in [4.69, 9.17) is 5.73 Å². The van der Waals surface area contributed by atoms with Crippen molar-refractivity contribution in [1.82, 2.24) is 4.98 Å². The van der Waals surface area contributed by atoms with Crippen LogP contribution in [0.25, 0.3) is 0 Å². The average molecular weight is 396 g/mol. The van der Waals surface area contributed by atoms with Gasteiger partial charge in [0.05, 0.1) is 5.56 Å². The van der Waals surface area contributed by atoms with Gasteiger partial charge >= 0.3 is 6.18 Å². The molecule has 1 aromatic heterocycles. The smallest absolute Gasteiger partial charge is 0.326 e. The van der Waals surface area contributed by atoms with Crippen molar-refractivity contribution in [1.29, 1.82) is 0 Å². The number of benzene rings is 1. The third-order valence-corrected chi connectivity index (χ3v) is 3.23. The minimum Gasteiger partial charge on any atom is -0.326 e. The summed E-state index contributed by atoms with van der Waals surface area (Å²) < 4.78 is 38.5. The summed E-state index contributed by atoms with van der Waals surface area (Å²) in [6, 6.07) is 6.89. The lowest BCUT2D eigenvalue weighted by atomic mass is 10.1. The number of alkyl halides is 3. The van der Waals surface area contributed by atoms with Crippen molar-refractivity contribution in [2.24, 2.45) is 5.73 Å². The molecule has 0 aliphatic rings. The number of rotatable bonds is 5. The van der Waals surface area contributed by atoms with Gasteiger partial charge in [0.1, 0.15) is 0 Å². The first-order valence-electron chi connectivity index (χ1n) is 6.98. The second kappa shape index (κ2) is 10.2. The van der Waals surface area contributed by atoms with E-state index in [2.05, 4.69) is 10.3 Å². The summed E-state index contributed by atoms with van der Waals surface area (Å²) in [6.45, 7) is -0.0379. The third-order valence-electron chi connectivity index (χ3n) is 3.23. The number of aryl methyl sites for hydroxylation is 1. The van der Waals surface area contributed by atoms with Gasteiger partial charge in [-0.15, -0.1) is 24.8 Å². The Kier molecular flexibility index (Phi) is 9.48. The van der Waals surface area contributed by atoms with E-state index in [0.29, 0.717) is 12.0 Å². The molecule has 138 valence electrons. The van der Waals surface area contributed by atoms with Gasteiger partial charge in [0.2, 0.25) is 5.91 Å². The Morgan fingerprint density at radius 1 is 1.08 bits per heavy atom. The van der Waals surface area contributed by atoms with Crippen molar-refractivity contribution < 1.29 is 18.0 Å². The molecule has 0 aliphatic carbocycles. The zero-order chi connectivity index (χ0) is 16.9. The summed E-state index contributed by atoms with van der Waals surface area (Å²) in [5, 5.41) is 2.49. The van der Waals surface area contributed by atoms with Gasteiger partial charge in [-0.2, -0.15) is 13.2 Å². The number of anilines is 1. The lowest BCUT2D eigenvalue weighted by Crippen LogP contribution is -2.14. The largest absolute Gasteiger partial charge is 0.416 e. The molecule has 0 bridgehead atoms. The second-order valence-corrected chi connectivity index (χ2v) is 5.02. The first-order valence-corrected chi connectivity index (χ1v) is 6.98. The van der Waals surface area contributed by atoms with Gasteiger partial charge in [-0.3, -0.25) is 9.78 Å². The Hall–Kier alpha value is -1.83. The lowest BCUT2D eigenvalue weighted by molar-refractivity contribution is -0.137. The highest BCUT2D eigenvalue weighted by Crippen LogP contribution is 2.32. The number of hydrogen-bond acceptors (Lipinski definition) is 3. The zero-order valence-electron chi connectivity index (χ0n) is 13.0. The Labute approximate surface area is 155 Å². The highest BCUT2D eigenvalue weighted by atomic mass is 35.5. The van der Waals surface area contributed by atoms with E-state index in [1.54, 1.807) is 24.5 Å². The summed E-state index contributed by atoms with van der Waals surface area (Å²) in [7, 11) is 0. The van der Waals surface area contributed by atoms with Crippen molar-refractivity contribution >= 4 is 36.4 Å². The van der Waals surface area contributed by atoms with E-state index in [-0.39, 0.29) is 49.4 Å². The maximum absolute atomic E-state index is 12.8. The lowest BCUT2D eigenvalue weighted by Gasteiger charge is -2.12. The zero-order valence-corrected chi connectivity index (χ0v) is 14.7. The minimum atomic E-state index is -4.48. The van der Waals surface area contributed by atoms with Gasteiger partial charge in [-0.1, -0.05) is 0 Å². The number of nitrogens with two attached hydrogens (primary N) is 1. The molecule has 1 amide bonds. The fourth-order valence-electron chi connectivity index (χ4n) is 2.08. The highest BCUT2D eigenvalue weighted by molar-refractivity contribution is 5.91. The van der Waals surface area contributed by atoms with Gasteiger partial charge in [-0.05, 0) is 47.9 Å². The van der Waals surface area contributed by atoms with Crippen LogP contribution in [0.15, 0.2) is 42.7 Å². The van der Waals surface area contributed by atoms with Gasteiger partial charge < -0.3 is 11.1 Å². The summed E-state index contributed by atoms with van der Waals surface area (Å²) >= 11 is 0. The van der Waals surface area contributed by atoms with Crippen LogP contribution in [0.2, 0.25) is 0 Å². The maximum Gasteiger partial charge on any atom is 0.416 e. The van der Waals surface area contributed by atoms with Gasteiger partial charge in [0.25, 0.3) is 0 Å². The molecule has 1 heterocycles. The molecule has 3 N–H and O–H groups in total. The number of carbonyl (C=O) groups excluding carboxylic acids is 1. The molecule has 0 aliphatic heterocycles. The van der Waals surface area contributed by atoms with Crippen LogP contribution in [0.3, 0.4) is 0 Å². The number of aromatic nitrogens is 1. The Morgan fingerprint density at radius 2 is 1.72 bits per heavy atom. The topological polar surface area (TPSA) is 68.0 Å². The number of nitrogens with one attached hydrogen (secondary N) is 1. The molecule has 0 saturated heterocycles. The second-order valence-electron chi connectivity index (χ2n) is 5.02. The number of hydrogen-bond donors (Lipinski definition) is 2. The fraction of sp³-hybridized carbons (Fsp3) is 0.250. The molecule has 0 radical (unpaired) electrons. The highest BCUT2D eigenvalue weighted by Gasteiger charge is 2.31. The van der Waals surface area contributed by atoms with Gasteiger partial charge in [-0.25, -0.2) is 0 Å². The molecule has 4 nitrogen and oxygen atoms in total. The number of nitrogens with zero attached hydrogens (tertiary/aromatic N) is 1. The van der Waals surface area contributed by atoms with Crippen LogP contribution >= 0.6 is 24.8 Å². The van der Waals surface area contributed by atoms with Crippen molar-refractivity contribution in [3.63, 3.8) is 0 Å². The monoisotopic (exact) mass is 395 g/mol. The fourth-order valence-corrected chi connectivity index (χ4v) is 2.08. The van der Waals surface area contributed by atoms with E-state index in [9.17, 15) is 18.0 Å². The molecular weight excluding hydrogens is 378 g/mol. The minimum absolute atomic E-state index is 0. The molecule has 9 heteroatoms. The standard InChI is InChI=1S/C16H16F3N3O.2ClH/c17-16(18,19)13-7-12(10-20)8-14(9-13)22-15(23)2-1-11-3-5-21-6-4-11;;/h3-9H,1-2,10,20H2,(H,22,23);2*1H. The van der Waals surface area contributed by atoms with Crippen LogP contribution in [0, 0.1) is 0 Å². The van der Waals surface area contributed by atoms with Gasteiger partial charge in [0.15, 0.2) is 0 Å². The molecule has 2 aromatic rings.